The molecule has 7 heteroatoms. The number of benzene rings is 2. The largest absolute Gasteiger partial charge is 0.478 e. The summed E-state index contributed by atoms with van der Waals surface area (Å²) in [5.74, 6) is -1.44. The smallest absolute Gasteiger partial charge is 0.335 e. The van der Waals surface area contributed by atoms with Gasteiger partial charge < -0.3 is 10.4 Å². The number of imide groups is 1. The fraction of sp³-hybridized carbons (Fsp3) is 0.0556. The molecular weight excluding hydrogens is 388 g/mol. The summed E-state index contributed by atoms with van der Waals surface area (Å²) in [6.07, 6.45) is 1.52. The molecule has 2 aromatic carbocycles. The average Bonchev–Trinajstić information content (AvgIpc) is 2.85. The van der Waals surface area contributed by atoms with Crippen LogP contribution in [0.2, 0.25) is 0 Å². The van der Waals surface area contributed by atoms with Crippen LogP contribution in [0.3, 0.4) is 0 Å². The molecule has 0 saturated carbocycles. The molecule has 1 saturated heterocycles. The first-order valence-electron chi connectivity index (χ1n) is 7.36. The van der Waals surface area contributed by atoms with Crippen molar-refractivity contribution in [1.82, 2.24) is 10.2 Å². The molecule has 0 aromatic heterocycles. The molecule has 3 amide bonds. The number of nitrogens with one attached hydrogen (secondary N) is 1. The highest BCUT2D eigenvalue weighted by atomic mass is 79.9. The Labute approximate surface area is 151 Å². The van der Waals surface area contributed by atoms with Crippen LogP contribution < -0.4 is 5.32 Å². The van der Waals surface area contributed by atoms with Gasteiger partial charge in [0.1, 0.15) is 5.70 Å². The van der Waals surface area contributed by atoms with E-state index in [4.69, 9.17) is 5.11 Å². The third kappa shape index (κ3) is 3.77. The number of hydrogen-bond acceptors (Lipinski definition) is 3. The minimum atomic E-state index is -1.02. The van der Waals surface area contributed by atoms with E-state index < -0.39 is 17.9 Å². The van der Waals surface area contributed by atoms with Crippen LogP contribution >= 0.6 is 15.9 Å². The molecule has 1 heterocycles. The van der Waals surface area contributed by atoms with Crippen LogP contribution in [-0.4, -0.2) is 27.9 Å². The van der Waals surface area contributed by atoms with E-state index >= 15 is 0 Å². The quantitative estimate of drug-likeness (QED) is 0.609. The van der Waals surface area contributed by atoms with Crippen molar-refractivity contribution in [3.8, 4) is 0 Å². The Morgan fingerprint density at radius 2 is 1.72 bits per heavy atom. The summed E-state index contributed by atoms with van der Waals surface area (Å²) in [7, 11) is 0. The third-order valence-corrected chi connectivity index (χ3v) is 4.21. The fourth-order valence-electron chi connectivity index (χ4n) is 2.38. The van der Waals surface area contributed by atoms with E-state index in [0.717, 1.165) is 14.9 Å². The van der Waals surface area contributed by atoms with Crippen molar-refractivity contribution in [3.05, 3.63) is 75.4 Å². The predicted molar refractivity (Wildman–Crippen MR) is 94.6 cm³/mol. The lowest BCUT2D eigenvalue weighted by Gasteiger charge is -2.11. The van der Waals surface area contributed by atoms with Crippen molar-refractivity contribution in [3.63, 3.8) is 0 Å². The van der Waals surface area contributed by atoms with Crippen LogP contribution in [-0.2, 0) is 11.3 Å². The Hall–Kier alpha value is -2.93. The number of carboxylic acids is 1. The zero-order valence-electron chi connectivity index (χ0n) is 12.9. The number of halogens is 1. The highest BCUT2D eigenvalue weighted by Gasteiger charge is 2.33. The average molecular weight is 401 g/mol. The second kappa shape index (κ2) is 6.90. The standard InChI is InChI=1S/C18H13BrN2O4/c19-14-7-3-12(4-8-14)10-21-16(22)15(20-18(21)25)9-11-1-5-13(6-2-11)17(23)24/h1-9H,10H2,(H,20,25)(H,23,24)/b15-9+. The van der Waals surface area contributed by atoms with Gasteiger partial charge in [-0.3, -0.25) is 9.69 Å². The maximum atomic E-state index is 12.4. The van der Waals surface area contributed by atoms with Gasteiger partial charge in [-0.2, -0.15) is 0 Å². The molecule has 0 bridgehead atoms. The monoisotopic (exact) mass is 400 g/mol. The fourth-order valence-corrected chi connectivity index (χ4v) is 2.64. The Bertz CT molecular complexity index is 873. The second-order valence-corrected chi connectivity index (χ2v) is 6.35. The van der Waals surface area contributed by atoms with Crippen molar-refractivity contribution in [1.29, 1.82) is 0 Å². The lowest BCUT2D eigenvalue weighted by molar-refractivity contribution is -0.123. The van der Waals surface area contributed by atoms with Crippen molar-refractivity contribution < 1.29 is 19.5 Å². The van der Waals surface area contributed by atoms with Gasteiger partial charge in [-0.1, -0.05) is 40.2 Å². The topological polar surface area (TPSA) is 86.7 Å². The molecule has 3 rings (SSSR count). The molecule has 126 valence electrons. The predicted octanol–water partition coefficient (Wildman–Crippen LogP) is 3.24. The minimum absolute atomic E-state index is 0.154. The third-order valence-electron chi connectivity index (χ3n) is 3.68. The molecule has 1 aliphatic heterocycles. The van der Waals surface area contributed by atoms with Crippen molar-refractivity contribution >= 4 is 39.9 Å². The van der Waals surface area contributed by atoms with Crippen LogP contribution in [0, 0.1) is 0 Å². The number of nitrogens with zero attached hydrogens (tertiary/aromatic N) is 1. The van der Waals surface area contributed by atoms with Crippen LogP contribution in [0.15, 0.2) is 58.7 Å². The zero-order valence-corrected chi connectivity index (χ0v) is 14.5. The number of hydrogen-bond donors (Lipinski definition) is 2. The summed E-state index contributed by atoms with van der Waals surface area (Å²) in [5, 5.41) is 11.4. The number of carboxylic acid groups (broad SMARTS) is 1. The summed E-state index contributed by atoms with van der Waals surface area (Å²) in [5.41, 5.74) is 1.77. The number of aromatic carboxylic acids is 1. The second-order valence-electron chi connectivity index (χ2n) is 5.43. The molecule has 0 spiro atoms. The van der Waals surface area contributed by atoms with Gasteiger partial charge in [0, 0.05) is 4.47 Å². The van der Waals surface area contributed by atoms with Gasteiger partial charge in [0.05, 0.1) is 12.1 Å². The minimum Gasteiger partial charge on any atom is -0.478 e. The molecule has 0 radical (unpaired) electrons. The van der Waals surface area contributed by atoms with Crippen LogP contribution in [0.25, 0.3) is 6.08 Å². The van der Waals surface area contributed by atoms with Crippen molar-refractivity contribution in [2.75, 3.05) is 0 Å². The summed E-state index contributed by atoms with van der Waals surface area (Å²) in [6.45, 7) is 0.174. The Kier molecular flexibility index (Phi) is 4.67. The molecule has 2 aromatic rings. The number of amides is 3. The number of carbonyl (C=O) groups is 3. The Balaban J connectivity index is 1.78. The molecule has 1 fully saturated rings. The van der Waals surface area contributed by atoms with Crippen LogP contribution in [0.4, 0.5) is 4.79 Å². The van der Waals surface area contributed by atoms with Gasteiger partial charge in [-0.15, -0.1) is 0 Å². The molecule has 0 aliphatic carbocycles. The van der Waals surface area contributed by atoms with Crippen LogP contribution in [0.1, 0.15) is 21.5 Å². The van der Waals surface area contributed by atoms with E-state index in [1.807, 2.05) is 24.3 Å². The molecular formula is C18H13BrN2O4. The van der Waals surface area contributed by atoms with Gasteiger partial charge in [-0.05, 0) is 41.5 Å². The van der Waals surface area contributed by atoms with Crippen molar-refractivity contribution in [2.24, 2.45) is 0 Å². The highest BCUT2D eigenvalue weighted by Crippen LogP contribution is 2.18. The summed E-state index contributed by atoms with van der Waals surface area (Å²) >= 11 is 3.34. The van der Waals surface area contributed by atoms with E-state index in [1.54, 1.807) is 12.1 Å². The number of carbonyl (C=O) groups excluding carboxylic acids is 2. The number of rotatable bonds is 4. The first-order chi connectivity index (χ1) is 11.9. The Morgan fingerprint density at radius 3 is 2.32 bits per heavy atom. The van der Waals surface area contributed by atoms with E-state index in [1.165, 1.54) is 18.2 Å². The lowest BCUT2D eigenvalue weighted by atomic mass is 10.1. The maximum Gasteiger partial charge on any atom is 0.335 e. The van der Waals surface area contributed by atoms with Gasteiger partial charge in [-0.25, -0.2) is 9.59 Å². The van der Waals surface area contributed by atoms with Gasteiger partial charge in [0.25, 0.3) is 5.91 Å². The SMILES string of the molecule is O=C(O)c1ccc(/C=C2/NC(=O)N(Cc3ccc(Br)cc3)C2=O)cc1. The summed E-state index contributed by atoms with van der Waals surface area (Å²) < 4.78 is 0.916. The first-order valence-corrected chi connectivity index (χ1v) is 8.16. The molecule has 1 aliphatic rings. The molecule has 25 heavy (non-hydrogen) atoms. The highest BCUT2D eigenvalue weighted by molar-refractivity contribution is 9.10. The molecule has 0 atom stereocenters. The molecule has 2 N–H and O–H groups in total. The van der Waals surface area contributed by atoms with Crippen LogP contribution in [0.5, 0.6) is 0 Å². The maximum absolute atomic E-state index is 12.4. The van der Waals surface area contributed by atoms with Gasteiger partial charge in [0.2, 0.25) is 0 Å². The van der Waals surface area contributed by atoms with E-state index in [0.29, 0.717) is 5.56 Å². The number of urea groups is 1. The normalized spacial score (nSPS) is 15.6. The lowest BCUT2D eigenvalue weighted by Crippen LogP contribution is -2.30. The summed E-state index contributed by atoms with van der Waals surface area (Å²) in [6, 6.07) is 12.9. The zero-order chi connectivity index (χ0) is 18.0. The Morgan fingerprint density at radius 1 is 1.08 bits per heavy atom. The van der Waals surface area contributed by atoms with E-state index in [-0.39, 0.29) is 17.8 Å². The van der Waals surface area contributed by atoms with Gasteiger partial charge >= 0.3 is 12.0 Å². The van der Waals surface area contributed by atoms with E-state index in [9.17, 15) is 14.4 Å². The van der Waals surface area contributed by atoms with Gasteiger partial charge in [0.15, 0.2) is 0 Å². The van der Waals surface area contributed by atoms with E-state index in [2.05, 4.69) is 21.2 Å². The molecule has 6 nitrogen and oxygen atoms in total. The first kappa shape index (κ1) is 16.9. The summed E-state index contributed by atoms with van der Waals surface area (Å²) in [4.78, 5) is 36.5. The van der Waals surface area contributed by atoms with Crippen molar-refractivity contribution in [2.45, 2.75) is 6.54 Å². The molecule has 0 unspecified atom stereocenters.